The predicted octanol–water partition coefficient (Wildman–Crippen LogP) is -9.16. The number of carbonyl (C=O) groups is 3. The summed E-state index contributed by atoms with van der Waals surface area (Å²) in [5, 5.41) is 83.7. The Balaban J connectivity index is 0.000000424. The van der Waals surface area contributed by atoms with Crippen molar-refractivity contribution in [3.63, 3.8) is 0 Å². The number of nitrogens with zero attached hydrogens (tertiary/aromatic N) is 6. The summed E-state index contributed by atoms with van der Waals surface area (Å²) < 4.78 is 19.4. The van der Waals surface area contributed by atoms with E-state index in [4.69, 9.17) is 46.7 Å². The van der Waals surface area contributed by atoms with Crippen LogP contribution in [0.15, 0.2) is 33.4 Å². The first-order valence-corrected chi connectivity index (χ1v) is 20.9. The van der Waals surface area contributed by atoms with E-state index in [1.807, 2.05) is 6.92 Å². The highest BCUT2D eigenvalue weighted by Crippen LogP contribution is 2.25. The summed E-state index contributed by atoms with van der Waals surface area (Å²) in [7, 11) is 0. The molecule has 15 N–H and O–H groups in total. The van der Waals surface area contributed by atoms with Crippen LogP contribution in [0.25, 0.3) is 0 Å². The Morgan fingerprint density at radius 2 is 0.881 bits per heavy atom. The monoisotopic (exact) mass is 962 g/mol. The zero-order chi connectivity index (χ0) is 50.8. The van der Waals surface area contributed by atoms with Gasteiger partial charge in [-0.1, -0.05) is 55.0 Å². The third-order valence-electron chi connectivity index (χ3n) is 9.18. The molecule has 3 aliphatic rings. The Kier molecular flexibility index (Phi) is 27.2. The summed E-state index contributed by atoms with van der Waals surface area (Å²) in [5.74, 6) is -2.85. The van der Waals surface area contributed by atoms with Crippen molar-refractivity contribution in [1.29, 1.82) is 0 Å². The molecule has 6 heterocycles. The van der Waals surface area contributed by atoms with E-state index in [0.29, 0.717) is 6.42 Å². The van der Waals surface area contributed by atoms with Crippen molar-refractivity contribution in [3.05, 3.63) is 50.4 Å². The lowest BCUT2D eigenvalue weighted by Crippen LogP contribution is -2.55. The molecule has 0 radical (unpaired) electrons. The van der Waals surface area contributed by atoms with Gasteiger partial charge in [-0.05, 0) is 25.7 Å². The Hall–Kier alpha value is -6.12. The van der Waals surface area contributed by atoms with Gasteiger partial charge in [0.05, 0.1) is 38.1 Å². The van der Waals surface area contributed by atoms with Crippen molar-refractivity contribution in [3.8, 4) is 0 Å². The maximum Gasteiger partial charge on any atom is 0.446 e. The Bertz CT molecular complexity index is 1930. The van der Waals surface area contributed by atoms with Gasteiger partial charge in [-0.25, -0.2) is 14.4 Å². The van der Waals surface area contributed by atoms with Gasteiger partial charge < -0.3 is 91.8 Å². The number of carboxylic acids is 3. The maximum atomic E-state index is 11.5. The molecule has 3 saturated heterocycles. The summed E-state index contributed by atoms with van der Waals surface area (Å²) in [5.41, 5.74) is 14.5. The summed E-state index contributed by atoms with van der Waals surface area (Å²) in [6.07, 6.45) is 2.10. The average molecular weight is 963 g/mol. The fraction of sp³-hybridized carbons (Fsp3) is 0.676. The van der Waals surface area contributed by atoms with E-state index >= 15 is 0 Å². The van der Waals surface area contributed by atoms with E-state index < -0.39 is 90.3 Å². The molecule has 67 heavy (non-hydrogen) atoms. The molecular weight excluding hydrogens is 900 g/mol. The number of aliphatic hydroxyl groups excluding tert-OH is 6. The molecule has 3 fully saturated rings. The van der Waals surface area contributed by atoms with Crippen LogP contribution in [-0.4, -0.2) is 135 Å². The second-order valence-corrected chi connectivity index (χ2v) is 14.4. The van der Waals surface area contributed by atoms with Gasteiger partial charge in [-0.2, -0.15) is 28.7 Å². The van der Waals surface area contributed by atoms with E-state index in [0.717, 1.165) is 19.3 Å². The van der Waals surface area contributed by atoms with Crippen molar-refractivity contribution in [2.24, 2.45) is 0 Å². The number of aliphatic carboxylic acids is 3. The SMILES string of the molecule is CCC(=O)[O-].CCCC(=O)[O-].CCCCCC(=O)[O-].Nc1nc[n+]([C@H]2CC(O)[C@@H](CO)O2)c(=O)[nH]1.Nc1nc[n+]([C@H]2CC(O)[C@@H](CO)O2)c(=O)[nH]1.Nc1nc[n+]([C@H]2CC(O)[C@@H](CO)O2)c(=O)[nH]1. The molecule has 3 aromatic rings. The highest BCUT2D eigenvalue weighted by atomic mass is 16.6. The molecular formula is C37H62N12O18. The van der Waals surface area contributed by atoms with Crippen molar-refractivity contribution < 1.29 is 88.3 Å². The van der Waals surface area contributed by atoms with Crippen LogP contribution in [0.3, 0.4) is 0 Å². The van der Waals surface area contributed by atoms with Crippen LogP contribution in [0.1, 0.15) is 104 Å². The first-order valence-electron chi connectivity index (χ1n) is 20.9. The van der Waals surface area contributed by atoms with Crippen molar-refractivity contribution >= 4 is 35.8 Å². The van der Waals surface area contributed by atoms with E-state index in [1.54, 1.807) is 6.92 Å². The van der Waals surface area contributed by atoms with Crippen LogP contribution < -0.4 is 63.3 Å². The number of aromatic amines is 3. The van der Waals surface area contributed by atoms with Crippen LogP contribution in [0.2, 0.25) is 0 Å². The average Bonchev–Trinajstić information content (AvgIpc) is 3.96. The number of rotatable bonds is 13. The number of nitrogen functional groups attached to an aromatic ring is 3. The maximum absolute atomic E-state index is 11.5. The summed E-state index contributed by atoms with van der Waals surface area (Å²) in [4.78, 5) is 81.1. The topological polar surface area (TPSA) is 496 Å². The fourth-order valence-electron chi connectivity index (χ4n) is 5.64. The third-order valence-corrected chi connectivity index (χ3v) is 9.18. The molecule has 0 aliphatic carbocycles. The van der Waals surface area contributed by atoms with Crippen molar-refractivity contribution in [2.45, 2.75) is 140 Å². The molecule has 0 amide bonds. The fourth-order valence-corrected chi connectivity index (χ4v) is 5.64. The van der Waals surface area contributed by atoms with Crippen LogP contribution in [0.4, 0.5) is 17.8 Å². The number of ether oxygens (including phenoxy) is 3. The van der Waals surface area contributed by atoms with Gasteiger partial charge in [0, 0.05) is 37.2 Å². The molecule has 0 aromatic carbocycles. The van der Waals surface area contributed by atoms with Crippen LogP contribution in [-0.2, 0) is 28.6 Å². The standard InChI is InChI=1S/3C8H12N4O4.C6H12O2.C4H8O2.C3H6O2/c3*9-7-10-3-12(8(15)11-7)6-1-4(14)5(2-13)16-6;1-2-3-4-5-6(7)8;1-2-3-4(5)6;1-2-3(4)5/h3*3-6,13-14H,1-2H2,(H2,9,11,15);2-5H2,1H3,(H,7,8);2-3H2,1H3,(H,5,6);2H2,1H3,(H,4,5)/t3*4?,5-,6-;;;/m111.../s1. The Morgan fingerprint density at radius 1 is 0.582 bits per heavy atom. The molecule has 3 unspecified atom stereocenters. The second-order valence-electron chi connectivity index (χ2n) is 14.4. The number of carbonyl (C=O) groups excluding carboxylic acids is 3. The van der Waals surface area contributed by atoms with E-state index in [2.05, 4.69) is 29.9 Å². The second kappa shape index (κ2) is 31.0. The lowest BCUT2D eigenvalue weighted by molar-refractivity contribution is -0.776. The van der Waals surface area contributed by atoms with Gasteiger partial charge >= 0.3 is 34.9 Å². The number of nitrogens with two attached hydrogens (primary N) is 3. The lowest BCUT2D eigenvalue weighted by atomic mass is 10.2. The minimum absolute atomic E-state index is 0.0125. The number of carboxylic acid groups (broad SMARTS) is 3. The first-order chi connectivity index (χ1) is 31.7. The van der Waals surface area contributed by atoms with Gasteiger partial charge in [0.25, 0.3) is 0 Å². The molecule has 3 aliphatic heterocycles. The third kappa shape index (κ3) is 21.4. The number of hydrogen-bond acceptors (Lipinski definition) is 24. The molecule has 6 rings (SSSR count). The van der Waals surface area contributed by atoms with E-state index in [1.165, 1.54) is 39.6 Å². The zero-order valence-corrected chi connectivity index (χ0v) is 37.1. The molecule has 378 valence electrons. The molecule has 30 nitrogen and oxygen atoms in total. The largest absolute Gasteiger partial charge is 0.550 e. The number of aliphatic hydroxyl groups is 6. The van der Waals surface area contributed by atoms with Gasteiger partial charge in [-0.3, -0.25) is 0 Å². The number of H-pyrrole nitrogens is 3. The number of hydrogen-bond donors (Lipinski definition) is 12. The summed E-state index contributed by atoms with van der Waals surface area (Å²) >= 11 is 0. The van der Waals surface area contributed by atoms with Crippen LogP contribution in [0.5, 0.6) is 0 Å². The Morgan fingerprint density at radius 3 is 1.06 bits per heavy atom. The predicted molar refractivity (Wildman–Crippen MR) is 218 cm³/mol. The minimum atomic E-state index is -0.995. The van der Waals surface area contributed by atoms with Gasteiger partial charge in [0.2, 0.25) is 19.0 Å². The summed E-state index contributed by atoms with van der Waals surface area (Å²) in [6.45, 7) is 4.50. The number of nitrogens with one attached hydrogen (secondary N) is 3. The van der Waals surface area contributed by atoms with E-state index in [9.17, 15) is 59.4 Å². The number of unbranched alkanes of at least 4 members (excludes halogenated alkanes) is 2. The van der Waals surface area contributed by atoms with Crippen LogP contribution in [0, 0.1) is 0 Å². The van der Waals surface area contributed by atoms with Crippen LogP contribution >= 0.6 is 0 Å². The highest BCUT2D eigenvalue weighted by Gasteiger charge is 2.39. The number of anilines is 3. The smallest absolute Gasteiger partial charge is 0.446 e. The minimum Gasteiger partial charge on any atom is -0.550 e. The lowest BCUT2D eigenvalue weighted by Gasteiger charge is -2.09. The van der Waals surface area contributed by atoms with Crippen molar-refractivity contribution in [2.75, 3.05) is 37.0 Å². The molecule has 0 bridgehead atoms. The van der Waals surface area contributed by atoms with Gasteiger partial charge in [0.15, 0.2) is 18.7 Å². The first kappa shape index (κ1) is 58.9. The van der Waals surface area contributed by atoms with Gasteiger partial charge in [0.1, 0.15) is 18.3 Å². The molecule has 0 spiro atoms. The van der Waals surface area contributed by atoms with E-state index in [-0.39, 0.29) is 76.2 Å². The molecule has 9 atom stereocenters. The van der Waals surface area contributed by atoms with Gasteiger partial charge in [-0.15, -0.1) is 0 Å². The highest BCUT2D eigenvalue weighted by molar-refractivity contribution is 5.64. The Labute approximate surface area is 381 Å². The number of aromatic nitrogens is 9. The zero-order valence-electron chi connectivity index (χ0n) is 37.1. The normalized spacial score (nSPS) is 23.5. The van der Waals surface area contributed by atoms with Crippen molar-refractivity contribution in [1.82, 2.24) is 29.9 Å². The molecule has 3 aromatic heterocycles. The molecule has 30 heteroatoms. The summed E-state index contributed by atoms with van der Waals surface area (Å²) in [6, 6.07) is 0. The quantitative estimate of drug-likeness (QED) is 0.0559. The molecule has 0 saturated carbocycles.